The smallest absolute Gasteiger partial charge is 0.258 e. The van der Waals surface area contributed by atoms with E-state index in [1.807, 2.05) is 25.1 Å². The molecule has 13 heteroatoms. The molecule has 1 aliphatic heterocycles. The highest BCUT2D eigenvalue weighted by molar-refractivity contribution is 7.89. The first-order valence-electron chi connectivity index (χ1n) is 9.39. The van der Waals surface area contributed by atoms with Crippen molar-refractivity contribution < 1.29 is 12.8 Å². The number of halogens is 1. The van der Waals surface area contributed by atoms with Gasteiger partial charge in [-0.25, -0.2) is 22.7 Å². The highest BCUT2D eigenvalue weighted by atomic mass is 35.5. The van der Waals surface area contributed by atoms with Crippen molar-refractivity contribution in [1.29, 1.82) is 0 Å². The van der Waals surface area contributed by atoms with Crippen molar-refractivity contribution in [2.75, 3.05) is 12.8 Å². The standard InChI is InChI=1S/C19H17ClN6O3S3/c1-9-22-12-6-10(4-5-13(12)30-9)16-24-25-17(29-16)14-7-11(20)15(31-14)19(2)8-32(27,28)26(3)18(21)23-19/h4-7H,8H2,1-3H3,(H2,21,23)/t19-/m0/s1. The average Bonchev–Trinajstić information content (AvgIpc) is 3.42. The van der Waals surface area contributed by atoms with E-state index in [-0.39, 0.29) is 17.6 Å². The Kier molecular flexibility index (Phi) is 4.82. The third-order valence-corrected chi connectivity index (χ3v) is 9.80. The molecule has 2 N–H and O–H groups in total. The number of hydrogen-bond donors (Lipinski definition) is 1. The monoisotopic (exact) mass is 508 g/mol. The van der Waals surface area contributed by atoms with Crippen LogP contribution < -0.4 is 5.73 Å². The van der Waals surface area contributed by atoms with Gasteiger partial charge in [-0.2, -0.15) is 0 Å². The summed E-state index contributed by atoms with van der Waals surface area (Å²) >= 11 is 9.35. The Labute approximate surface area is 196 Å². The molecular formula is C19H17ClN6O3S3. The lowest BCUT2D eigenvalue weighted by molar-refractivity contribution is 0.482. The molecule has 166 valence electrons. The van der Waals surface area contributed by atoms with Crippen LogP contribution in [-0.4, -0.2) is 46.7 Å². The van der Waals surface area contributed by atoms with Crippen LogP contribution >= 0.6 is 34.3 Å². The molecule has 3 aromatic heterocycles. The normalized spacial score (nSPS) is 20.6. The molecule has 5 rings (SSSR count). The summed E-state index contributed by atoms with van der Waals surface area (Å²) in [6, 6.07) is 7.47. The molecular weight excluding hydrogens is 492 g/mol. The van der Waals surface area contributed by atoms with Gasteiger partial charge in [0.1, 0.15) is 5.54 Å². The summed E-state index contributed by atoms with van der Waals surface area (Å²) in [5.41, 5.74) is 6.37. The third-order valence-electron chi connectivity index (χ3n) is 5.12. The van der Waals surface area contributed by atoms with Crippen molar-refractivity contribution in [3.05, 3.63) is 39.2 Å². The van der Waals surface area contributed by atoms with Gasteiger partial charge in [0.2, 0.25) is 21.9 Å². The number of thiophene rings is 1. The number of aryl methyl sites for hydroxylation is 1. The third kappa shape index (κ3) is 3.47. The number of nitrogens with zero attached hydrogens (tertiary/aromatic N) is 5. The van der Waals surface area contributed by atoms with Crippen LogP contribution in [0.5, 0.6) is 0 Å². The number of aromatic nitrogens is 3. The SMILES string of the molecule is Cc1nc2cc(-c3nnc(-c4cc(Cl)c([C@]5(C)CS(=O)(=O)N(C)C(N)=N5)s4)o3)ccc2s1. The van der Waals surface area contributed by atoms with E-state index in [2.05, 4.69) is 20.2 Å². The second-order valence-electron chi connectivity index (χ2n) is 7.58. The van der Waals surface area contributed by atoms with Gasteiger partial charge in [0.15, 0.2) is 0 Å². The van der Waals surface area contributed by atoms with Gasteiger partial charge in [-0.1, -0.05) is 11.6 Å². The first-order valence-corrected chi connectivity index (χ1v) is 13.0. The molecule has 0 amide bonds. The average molecular weight is 509 g/mol. The van der Waals surface area contributed by atoms with Crippen molar-refractivity contribution >= 4 is 60.5 Å². The van der Waals surface area contributed by atoms with Crippen LogP contribution in [-0.2, 0) is 15.6 Å². The van der Waals surface area contributed by atoms with E-state index in [9.17, 15) is 8.42 Å². The quantitative estimate of drug-likeness (QED) is 0.445. The largest absolute Gasteiger partial charge is 0.415 e. The molecule has 4 heterocycles. The number of aliphatic imine (C=N–C) groups is 1. The number of guanidine groups is 1. The van der Waals surface area contributed by atoms with Crippen LogP contribution in [0, 0.1) is 6.92 Å². The van der Waals surface area contributed by atoms with Crippen molar-refractivity contribution in [3.63, 3.8) is 0 Å². The zero-order valence-corrected chi connectivity index (χ0v) is 20.4. The lowest BCUT2D eigenvalue weighted by atomic mass is 10.0. The maximum atomic E-state index is 12.5. The Morgan fingerprint density at radius 3 is 2.72 bits per heavy atom. The number of thiazole rings is 1. The number of nitrogens with two attached hydrogens (primary N) is 1. The molecule has 0 radical (unpaired) electrons. The zero-order valence-electron chi connectivity index (χ0n) is 17.2. The number of rotatable bonds is 3. The molecule has 0 saturated carbocycles. The summed E-state index contributed by atoms with van der Waals surface area (Å²) in [4.78, 5) is 10.1. The zero-order chi connectivity index (χ0) is 22.8. The fraction of sp³-hybridized carbons (Fsp3) is 0.263. The van der Waals surface area contributed by atoms with Crippen molar-refractivity contribution in [2.45, 2.75) is 19.4 Å². The molecule has 9 nitrogen and oxygen atoms in total. The number of sulfonamides is 1. The van der Waals surface area contributed by atoms with Crippen molar-refractivity contribution in [3.8, 4) is 22.2 Å². The van der Waals surface area contributed by atoms with E-state index in [0.717, 1.165) is 25.1 Å². The minimum absolute atomic E-state index is 0.0856. The Balaban J connectivity index is 1.51. The lowest BCUT2D eigenvalue weighted by Crippen LogP contribution is -2.50. The Morgan fingerprint density at radius 2 is 1.97 bits per heavy atom. The van der Waals surface area contributed by atoms with Crippen LogP contribution in [0.1, 0.15) is 16.8 Å². The summed E-state index contributed by atoms with van der Waals surface area (Å²) in [6.07, 6.45) is 0. The van der Waals surface area contributed by atoms with E-state index in [1.165, 1.54) is 18.4 Å². The molecule has 0 aliphatic carbocycles. The number of fused-ring (bicyclic) bond motifs is 1. The fourth-order valence-electron chi connectivity index (χ4n) is 3.52. The van der Waals surface area contributed by atoms with E-state index in [1.54, 1.807) is 24.3 Å². The van der Waals surface area contributed by atoms with E-state index >= 15 is 0 Å². The Hall–Kier alpha value is -2.54. The topological polar surface area (TPSA) is 128 Å². The summed E-state index contributed by atoms with van der Waals surface area (Å²) in [6.45, 7) is 3.65. The molecule has 1 aliphatic rings. The van der Waals surface area contributed by atoms with Gasteiger partial charge in [0.25, 0.3) is 5.89 Å². The van der Waals surface area contributed by atoms with Crippen LogP contribution in [0.15, 0.2) is 33.7 Å². The van der Waals surface area contributed by atoms with Gasteiger partial charge in [0.05, 0.1) is 35.8 Å². The predicted octanol–water partition coefficient (Wildman–Crippen LogP) is 3.84. The number of benzene rings is 1. The Bertz CT molecular complexity index is 1510. The predicted molar refractivity (Wildman–Crippen MR) is 126 cm³/mol. The highest BCUT2D eigenvalue weighted by Crippen LogP contribution is 2.44. The number of hydrogen-bond acceptors (Lipinski definition) is 10. The summed E-state index contributed by atoms with van der Waals surface area (Å²) in [5.74, 6) is 0.300. The van der Waals surface area contributed by atoms with Crippen LogP contribution in [0.4, 0.5) is 0 Å². The maximum absolute atomic E-state index is 12.5. The van der Waals surface area contributed by atoms with E-state index < -0.39 is 15.6 Å². The molecule has 32 heavy (non-hydrogen) atoms. The molecule has 0 unspecified atom stereocenters. The molecule has 0 saturated heterocycles. The second-order valence-corrected chi connectivity index (χ2v) is 12.3. The lowest BCUT2D eigenvalue weighted by Gasteiger charge is -2.33. The van der Waals surface area contributed by atoms with E-state index in [0.29, 0.717) is 20.7 Å². The van der Waals surface area contributed by atoms with Crippen molar-refractivity contribution in [2.24, 2.45) is 10.7 Å². The summed E-state index contributed by atoms with van der Waals surface area (Å²) in [5, 5.41) is 9.67. The molecule has 0 fully saturated rings. The van der Waals surface area contributed by atoms with E-state index in [4.69, 9.17) is 21.8 Å². The minimum atomic E-state index is -3.62. The van der Waals surface area contributed by atoms with Gasteiger partial charge in [-0.15, -0.1) is 32.9 Å². The minimum Gasteiger partial charge on any atom is -0.415 e. The molecule has 4 aromatic rings. The summed E-state index contributed by atoms with van der Waals surface area (Å²) < 4.78 is 33.0. The highest BCUT2D eigenvalue weighted by Gasteiger charge is 2.42. The first-order chi connectivity index (χ1) is 15.1. The van der Waals surface area contributed by atoms with Crippen LogP contribution in [0.2, 0.25) is 5.02 Å². The van der Waals surface area contributed by atoms with Crippen LogP contribution in [0.25, 0.3) is 32.4 Å². The first kappa shape index (κ1) is 21.3. The van der Waals surface area contributed by atoms with Crippen LogP contribution in [0.3, 0.4) is 0 Å². The molecule has 1 aromatic carbocycles. The maximum Gasteiger partial charge on any atom is 0.258 e. The fourth-order valence-corrected chi connectivity index (χ4v) is 7.41. The Morgan fingerprint density at radius 1 is 1.22 bits per heavy atom. The van der Waals surface area contributed by atoms with Gasteiger partial charge < -0.3 is 10.2 Å². The van der Waals surface area contributed by atoms with Crippen molar-refractivity contribution in [1.82, 2.24) is 19.5 Å². The molecule has 0 bridgehead atoms. The van der Waals surface area contributed by atoms with Gasteiger partial charge >= 0.3 is 0 Å². The molecule has 1 atom stereocenters. The van der Waals surface area contributed by atoms with Gasteiger partial charge in [0, 0.05) is 12.6 Å². The van der Waals surface area contributed by atoms with Gasteiger partial charge in [-0.3, -0.25) is 0 Å². The second kappa shape index (κ2) is 7.24. The molecule has 0 spiro atoms. The van der Waals surface area contributed by atoms with Gasteiger partial charge in [-0.05, 0) is 38.1 Å². The summed E-state index contributed by atoms with van der Waals surface area (Å²) in [7, 11) is -2.24.